The summed E-state index contributed by atoms with van der Waals surface area (Å²) in [6, 6.07) is 16.4. The highest BCUT2D eigenvalue weighted by Gasteiger charge is 2.12. The number of benzene rings is 3. The number of aromatic nitrogens is 1. The lowest BCUT2D eigenvalue weighted by Gasteiger charge is -2.14. The molecule has 44 heavy (non-hydrogen) atoms. The summed E-state index contributed by atoms with van der Waals surface area (Å²) in [5.41, 5.74) is 5.34. The average molecular weight is 598 g/mol. The molecule has 0 unspecified atom stereocenters. The van der Waals surface area contributed by atoms with Crippen molar-refractivity contribution in [3.05, 3.63) is 89.6 Å². The van der Waals surface area contributed by atoms with E-state index in [0.29, 0.717) is 31.6 Å². The van der Waals surface area contributed by atoms with E-state index >= 15 is 0 Å². The summed E-state index contributed by atoms with van der Waals surface area (Å²) in [7, 11) is 0. The van der Waals surface area contributed by atoms with Crippen molar-refractivity contribution in [3.63, 3.8) is 0 Å². The highest BCUT2D eigenvalue weighted by molar-refractivity contribution is 5.90. The van der Waals surface area contributed by atoms with Crippen LogP contribution in [0.1, 0.15) is 81.9 Å². The van der Waals surface area contributed by atoms with E-state index < -0.39 is 0 Å². The van der Waals surface area contributed by atoms with Gasteiger partial charge < -0.3 is 25.0 Å². The van der Waals surface area contributed by atoms with Crippen molar-refractivity contribution in [2.24, 2.45) is 5.92 Å². The van der Waals surface area contributed by atoms with Gasteiger partial charge in [-0.1, -0.05) is 64.2 Å². The minimum absolute atomic E-state index is 0.0559. The van der Waals surface area contributed by atoms with Crippen molar-refractivity contribution in [3.8, 4) is 28.4 Å². The number of carbonyl (C=O) groups excluding carboxylic acids is 1. The molecule has 1 atom stereocenters. The maximum absolute atomic E-state index is 12.4. The van der Waals surface area contributed by atoms with Crippen molar-refractivity contribution in [1.29, 1.82) is 0 Å². The van der Waals surface area contributed by atoms with Gasteiger partial charge in [0.2, 0.25) is 0 Å². The summed E-state index contributed by atoms with van der Waals surface area (Å²) < 4.78 is 6.00. The van der Waals surface area contributed by atoms with Gasteiger partial charge in [-0.25, -0.2) is 0 Å². The first-order valence-electron chi connectivity index (χ1n) is 16.0. The van der Waals surface area contributed by atoms with Crippen LogP contribution < -0.4 is 4.74 Å². The maximum Gasteiger partial charge on any atom is 0.161 e. The number of fused-ring (bicyclic) bond motifs is 1. The van der Waals surface area contributed by atoms with Crippen molar-refractivity contribution in [2.75, 3.05) is 6.61 Å². The zero-order valence-corrected chi connectivity index (χ0v) is 26.1. The topological polar surface area (TPSA) is 103 Å². The van der Waals surface area contributed by atoms with Gasteiger partial charge in [-0.15, -0.1) is 0 Å². The second-order valence-electron chi connectivity index (χ2n) is 11.9. The number of carbonyl (C=O) groups is 1. The third-order valence-corrected chi connectivity index (χ3v) is 8.30. The van der Waals surface area contributed by atoms with Gasteiger partial charge in [0.1, 0.15) is 5.75 Å². The molecule has 0 spiro atoms. The molecule has 234 valence electrons. The Morgan fingerprint density at radius 2 is 1.80 bits per heavy atom. The molecular formula is C38H47NO5. The van der Waals surface area contributed by atoms with Gasteiger partial charge in [0.25, 0.3) is 0 Å². The monoisotopic (exact) mass is 597 g/mol. The van der Waals surface area contributed by atoms with Gasteiger partial charge in [-0.3, -0.25) is 4.79 Å². The van der Waals surface area contributed by atoms with Gasteiger partial charge in [0.05, 0.1) is 18.7 Å². The molecule has 0 saturated carbocycles. The molecule has 0 saturated heterocycles. The maximum atomic E-state index is 12.4. The van der Waals surface area contributed by atoms with Crippen LogP contribution in [0.4, 0.5) is 0 Å². The van der Waals surface area contributed by atoms with Crippen LogP contribution >= 0.6 is 0 Å². The third kappa shape index (κ3) is 9.48. The molecule has 0 amide bonds. The molecule has 6 nitrogen and oxygen atoms in total. The number of phenols is 2. The highest BCUT2D eigenvalue weighted by atomic mass is 16.5. The molecule has 0 aliphatic carbocycles. The molecule has 0 aliphatic rings. The molecule has 4 aromatic rings. The van der Waals surface area contributed by atoms with E-state index in [4.69, 9.17) is 4.74 Å². The number of nitrogens with one attached hydrogen (secondary N) is 1. The van der Waals surface area contributed by atoms with Crippen LogP contribution in [0.25, 0.3) is 22.0 Å². The number of aromatic amines is 1. The molecule has 4 N–H and O–H groups in total. The van der Waals surface area contributed by atoms with Crippen LogP contribution in [0, 0.1) is 5.92 Å². The molecule has 6 heteroatoms. The van der Waals surface area contributed by atoms with E-state index in [2.05, 4.69) is 18.8 Å². The fraction of sp³-hybridized carbons (Fsp3) is 0.395. The highest BCUT2D eigenvalue weighted by Crippen LogP contribution is 2.33. The first-order chi connectivity index (χ1) is 21.4. The molecular weight excluding hydrogens is 550 g/mol. The predicted octanol–water partition coefficient (Wildman–Crippen LogP) is 8.80. The first-order valence-corrected chi connectivity index (χ1v) is 16.0. The minimum Gasteiger partial charge on any atom is -0.508 e. The van der Waals surface area contributed by atoms with Gasteiger partial charge in [0.15, 0.2) is 17.3 Å². The normalized spacial score (nSPS) is 12.2. The fourth-order valence-corrected chi connectivity index (χ4v) is 5.72. The van der Waals surface area contributed by atoms with Gasteiger partial charge >= 0.3 is 0 Å². The van der Waals surface area contributed by atoms with E-state index in [-0.39, 0.29) is 23.9 Å². The summed E-state index contributed by atoms with van der Waals surface area (Å²) in [5, 5.41) is 31.5. The number of unbranched alkanes of at least 4 members (excludes halogenated alkanes) is 3. The Morgan fingerprint density at radius 3 is 2.61 bits per heavy atom. The number of allylic oxidation sites excluding steroid dienone is 2. The first kappa shape index (κ1) is 32.9. The third-order valence-electron chi connectivity index (χ3n) is 8.30. The lowest BCUT2D eigenvalue weighted by molar-refractivity contribution is -0.114. The molecule has 4 rings (SSSR count). The van der Waals surface area contributed by atoms with Gasteiger partial charge in [-0.05, 0) is 96.0 Å². The summed E-state index contributed by atoms with van der Waals surface area (Å²) >= 11 is 0. The predicted molar refractivity (Wildman–Crippen MR) is 178 cm³/mol. The molecule has 1 heterocycles. The number of aromatic hydroxyl groups is 2. The Balaban J connectivity index is 1.29. The van der Waals surface area contributed by atoms with Crippen LogP contribution in [0.15, 0.2) is 72.9 Å². The molecule has 0 aliphatic heterocycles. The standard InChI is InChI=1S/C38H47NO5/c1-3-4-6-9-27(2)10-7-5-8-11-33(41)15-12-28-13-17-36(43)37(22-28)44-21-19-29-14-16-34(42)25-35(29)31-23-30-18-20-39-38(30)32(24-31)26-40/h8,11,13-14,16-18,20,22-25,27,39-40,42-43H,3-7,9-10,12,15,19,21,26H2,1-2H3/b11-8+/t27-/m0/s1. The van der Waals surface area contributed by atoms with Gasteiger partial charge in [0, 0.05) is 30.0 Å². The van der Waals surface area contributed by atoms with Crippen LogP contribution in [-0.4, -0.2) is 32.7 Å². The largest absolute Gasteiger partial charge is 0.508 e. The number of aliphatic hydroxyl groups is 1. The Kier molecular flexibility index (Phi) is 12.5. The number of aliphatic hydroxyl groups excluding tert-OH is 1. The summed E-state index contributed by atoms with van der Waals surface area (Å²) in [6.45, 7) is 4.77. The Bertz CT molecular complexity index is 1540. The second-order valence-corrected chi connectivity index (χ2v) is 11.9. The molecule has 1 aromatic heterocycles. The van der Waals surface area contributed by atoms with E-state index in [1.165, 1.54) is 32.1 Å². The van der Waals surface area contributed by atoms with E-state index in [1.54, 1.807) is 30.3 Å². The van der Waals surface area contributed by atoms with Crippen molar-refractivity contribution >= 4 is 16.7 Å². The minimum atomic E-state index is -0.0990. The van der Waals surface area contributed by atoms with Crippen LogP contribution in [0.3, 0.4) is 0 Å². The Hall–Kier alpha value is -4.03. The smallest absolute Gasteiger partial charge is 0.161 e. The summed E-state index contributed by atoms with van der Waals surface area (Å²) in [4.78, 5) is 15.6. The van der Waals surface area contributed by atoms with Gasteiger partial charge in [-0.2, -0.15) is 0 Å². The van der Waals surface area contributed by atoms with Crippen LogP contribution in [-0.2, 0) is 24.2 Å². The quantitative estimate of drug-likeness (QED) is 0.0678. The number of aryl methyl sites for hydroxylation is 1. The Labute approximate surface area is 261 Å². The summed E-state index contributed by atoms with van der Waals surface area (Å²) in [5.74, 6) is 1.46. The zero-order valence-electron chi connectivity index (χ0n) is 26.1. The van der Waals surface area contributed by atoms with Crippen molar-refractivity contribution < 1.29 is 24.9 Å². The van der Waals surface area contributed by atoms with Crippen LogP contribution in [0.2, 0.25) is 0 Å². The number of hydrogen-bond donors (Lipinski definition) is 4. The molecule has 0 radical (unpaired) electrons. The second kappa shape index (κ2) is 16.7. The van der Waals surface area contributed by atoms with E-state index in [0.717, 1.165) is 57.5 Å². The zero-order chi connectivity index (χ0) is 31.3. The Morgan fingerprint density at radius 1 is 0.955 bits per heavy atom. The van der Waals surface area contributed by atoms with Crippen molar-refractivity contribution in [2.45, 2.75) is 84.7 Å². The number of rotatable bonds is 18. The fourth-order valence-electron chi connectivity index (χ4n) is 5.72. The molecule has 0 bridgehead atoms. The number of hydrogen-bond acceptors (Lipinski definition) is 5. The van der Waals surface area contributed by atoms with Crippen LogP contribution in [0.5, 0.6) is 17.2 Å². The number of ketones is 1. The lowest BCUT2D eigenvalue weighted by atomic mass is 9.95. The molecule has 0 fully saturated rings. The summed E-state index contributed by atoms with van der Waals surface area (Å²) in [6.07, 6.45) is 15.5. The van der Waals surface area contributed by atoms with Crippen molar-refractivity contribution in [1.82, 2.24) is 4.98 Å². The van der Waals surface area contributed by atoms with E-state index in [1.807, 2.05) is 42.6 Å². The SMILES string of the molecule is CCCCC[C@H](C)CCC/C=C/C(=O)CCc1ccc(O)c(OCCc2ccc(O)cc2-c2cc(CO)c3[nH]ccc3c2)c1. The number of phenolic OH excluding ortho intramolecular Hbond substituents is 2. The number of ether oxygens (including phenoxy) is 1. The lowest BCUT2D eigenvalue weighted by Crippen LogP contribution is -2.04. The average Bonchev–Trinajstić information content (AvgIpc) is 3.50. The number of H-pyrrole nitrogens is 1. The van der Waals surface area contributed by atoms with E-state index in [9.17, 15) is 20.1 Å². The molecule has 3 aromatic carbocycles.